The van der Waals surface area contributed by atoms with Crippen LogP contribution in [0.2, 0.25) is 0 Å². The molecule has 1 heterocycles. The first-order chi connectivity index (χ1) is 9.56. The van der Waals surface area contributed by atoms with Crippen molar-refractivity contribution in [2.24, 2.45) is 0 Å². The molecule has 20 heavy (non-hydrogen) atoms. The van der Waals surface area contributed by atoms with Gasteiger partial charge in [-0.25, -0.2) is 4.39 Å². The van der Waals surface area contributed by atoms with Gasteiger partial charge in [0.15, 0.2) is 0 Å². The quantitative estimate of drug-likeness (QED) is 0.868. The minimum atomic E-state index is -0.285. The molecule has 0 saturated heterocycles. The highest BCUT2D eigenvalue weighted by molar-refractivity contribution is 7.15. The predicted octanol–water partition coefficient (Wildman–Crippen LogP) is 4.77. The number of nitrogens with one attached hydrogen (secondary N) is 1. The molecule has 2 nitrogen and oxygen atoms in total. The molecule has 0 aliphatic carbocycles. The Bertz CT molecular complexity index is 583. The van der Waals surface area contributed by atoms with E-state index < -0.39 is 0 Å². The van der Waals surface area contributed by atoms with E-state index in [0.29, 0.717) is 6.54 Å². The van der Waals surface area contributed by atoms with Crippen LogP contribution in [0.1, 0.15) is 32.6 Å². The van der Waals surface area contributed by atoms with Gasteiger partial charge in [0.2, 0.25) is 5.91 Å². The molecule has 1 amide bonds. The summed E-state index contributed by atoms with van der Waals surface area (Å²) in [6.45, 7) is 7.83. The number of halogens is 1. The van der Waals surface area contributed by atoms with Crippen LogP contribution in [0.5, 0.6) is 0 Å². The first kappa shape index (κ1) is 16.4. The lowest BCUT2D eigenvalue weighted by atomic mass is 10.1. The number of carbonyl (C=O) groups is 1. The number of hydrogen-bond donors (Lipinski definition) is 1. The molecule has 0 saturated carbocycles. The van der Waals surface area contributed by atoms with Gasteiger partial charge in [-0.3, -0.25) is 4.79 Å². The third kappa shape index (κ3) is 4.46. The topological polar surface area (TPSA) is 29.1 Å². The van der Waals surface area contributed by atoms with Crippen LogP contribution < -0.4 is 5.32 Å². The molecule has 0 aliphatic rings. The number of rotatable bonds is 3. The van der Waals surface area contributed by atoms with Crippen LogP contribution in [-0.4, -0.2) is 5.91 Å². The van der Waals surface area contributed by atoms with E-state index in [4.69, 9.17) is 0 Å². The maximum atomic E-state index is 13.3. The highest BCUT2D eigenvalue weighted by Crippen LogP contribution is 2.30. The van der Waals surface area contributed by atoms with Gasteiger partial charge < -0.3 is 5.32 Å². The van der Waals surface area contributed by atoms with Crippen molar-refractivity contribution in [3.05, 3.63) is 46.6 Å². The van der Waals surface area contributed by atoms with E-state index in [1.807, 2.05) is 32.9 Å². The molecule has 0 atom stereocenters. The summed E-state index contributed by atoms with van der Waals surface area (Å²) in [6, 6.07) is 8.73. The number of aryl methyl sites for hydroxylation is 1. The standard InChI is InChI=1S/C14H14FNOS.C2H6.H2/c1-9-3-6-14(18-9)13-5-4-12(15)7-11(13)8-16-10(2)17;1-2;/h3-7H,8H2,1-2H3,(H,16,17);1-2H3;1H. The molecule has 0 bridgehead atoms. The fraction of sp³-hybridized carbons (Fsp3) is 0.312. The Morgan fingerprint density at radius 2 is 2.00 bits per heavy atom. The van der Waals surface area contributed by atoms with Crippen molar-refractivity contribution in [2.75, 3.05) is 0 Å². The molecule has 2 rings (SSSR count). The Morgan fingerprint density at radius 1 is 1.30 bits per heavy atom. The highest BCUT2D eigenvalue weighted by Gasteiger charge is 2.08. The van der Waals surface area contributed by atoms with Crippen LogP contribution in [0.4, 0.5) is 4.39 Å². The maximum Gasteiger partial charge on any atom is 0.217 e. The summed E-state index contributed by atoms with van der Waals surface area (Å²) in [5.41, 5.74) is 1.77. The molecular weight excluding hydrogens is 273 g/mol. The van der Waals surface area contributed by atoms with Crippen molar-refractivity contribution in [1.82, 2.24) is 5.32 Å². The molecule has 110 valence electrons. The van der Waals surface area contributed by atoms with Crippen LogP contribution >= 0.6 is 11.3 Å². The van der Waals surface area contributed by atoms with Gasteiger partial charge in [0.1, 0.15) is 5.82 Å². The second-order valence-electron chi connectivity index (χ2n) is 4.12. The lowest BCUT2D eigenvalue weighted by molar-refractivity contribution is -0.119. The van der Waals surface area contributed by atoms with Crippen LogP contribution in [0.15, 0.2) is 30.3 Å². The van der Waals surface area contributed by atoms with Crippen molar-refractivity contribution in [2.45, 2.75) is 34.2 Å². The van der Waals surface area contributed by atoms with Gasteiger partial charge in [0, 0.05) is 24.6 Å². The smallest absolute Gasteiger partial charge is 0.217 e. The fourth-order valence-electron chi connectivity index (χ4n) is 1.75. The third-order valence-corrected chi connectivity index (χ3v) is 3.63. The molecule has 0 radical (unpaired) electrons. The average molecular weight is 295 g/mol. The van der Waals surface area contributed by atoms with Crippen molar-refractivity contribution in [3.8, 4) is 10.4 Å². The Labute approximate surface area is 125 Å². The van der Waals surface area contributed by atoms with Crippen molar-refractivity contribution >= 4 is 17.2 Å². The Morgan fingerprint density at radius 3 is 2.55 bits per heavy atom. The second-order valence-corrected chi connectivity index (χ2v) is 5.41. The zero-order valence-electron chi connectivity index (χ0n) is 12.3. The summed E-state index contributed by atoms with van der Waals surface area (Å²) in [7, 11) is 0. The van der Waals surface area contributed by atoms with Gasteiger partial charge in [-0.1, -0.05) is 19.9 Å². The third-order valence-electron chi connectivity index (χ3n) is 2.60. The Kier molecular flexibility index (Phi) is 6.39. The number of thiophene rings is 1. The number of amides is 1. The lowest BCUT2D eigenvalue weighted by Crippen LogP contribution is -2.19. The van der Waals surface area contributed by atoms with Gasteiger partial charge >= 0.3 is 0 Å². The molecule has 0 aliphatic heterocycles. The van der Waals surface area contributed by atoms with E-state index >= 15 is 0 Å². The SMILES string of the molecule is CC.CC(=O)NCc1cc(F)ccc1-c1ccc(C)s1.[HH]. The normalized spacial score (nSPS) is 9.65. The minimum Gasteiger partial charge on any atom is -0.352 e. The molecule has 4 heteroatoms. The van der Waals surface area contributed by atoms with Crippen LogP contribution in [0.3, 0.4) is 0 Å². The van der Waals surface area contributed by atoms with Crippen molar-refractivity contribution < 1.29 is 10.6 Å². The van der Waals surface area contributed by atoms with E-state index in [0.717, 1.165) is 16.0 Å². The van der Waals surface area contributed by atoms with E-state index in [2.05, 4.69) is 5.32 Å². The van der Waals surface area contributed by atoms with E-state index in [1.54, 1.807) is 17.4 Å². The van der Waals surface area contributed by atoms with Crippen molar-refractivity contribution in [1.29, 1.82) is 0 Å². The summed E-state index contributed by atoms with van der Waals surface area (Å²) in [4.78, 5) is 13.3. The summed E-state index contributed by atoms with van der Waals surface area (Å²) in [5.74, 6) is -0.403. The summed E-state index contributed by atoms with van der Waals surface area (Å²) in [6.07, 6.45) is 0. The summed E-state index contributed by atoms with van der Waals surface area (Å²) >= 11 is 1.66. The van der Waals surface area contributed by atoms with E-state index in [1.165, 1.54) is 23.9 Å². The largest absolute Gasteiger partial charge is 0.352 e. The molecule has 1 aromatic carbocycles. The summed E-state index contributed by atoms with van der Waals surface area (Å²) in [5, 5.41) is 2.71. The Balaban J connectivity index is 0.00000128. The molecular formula is C16H22FNOS. The Hall–Kier alpha value is -1.68. The minimum absolute atomic E-state index is 0. The first-order valence-electron chi connectivity index (χ1n) is 6.66. The monoisotopic (exact) mass is 295 g/mol. The van der Waals surface area contributed by atoms with E-state index in [-0.39, 0.29) is 13.2 Å². The number of carbonyl (C=O) groups excluding carboxylic acids is 1. The van der Waals surface area contributed by atoms with Gasteiger partial charge in [0.25, 0.3) is 0 Å². The second kappa shape index (κ2) is 7.80. The lowest BCUT2D eigenvalue weighted by Gasteiger charge is -2.08. The van der Waals surface area contributed by atoms with Crippen molar-refractivity contribution in [3.63, 3.8) is 0 Å². The molecule has 0 spiro atoms. The van der Waals surface area contributed by atoms with Crippen LogP contribution in [0, 0.1) is 12.7 Å². The molecule has 0 fully saturated rings. The zero-order valence-corrected chi connectivity index (χ0v) is 13.1. The fourth-order valence-corrected chi connectivity index (χ4v) is 2.68. The van der Waals surface area contributed by atoms with Gasteiger partial charge in [-0.15, -0.1) is 11.3 Å². The summed E-state index contributed by atoms with van der Waals surface area (Å²) < 4.78 is 13.3. The first-order valence-corrected chi connectivity index (χ1v) is 7.47. The van der Waals surface area contributed by atoms with Gasteiger partial charge in [-0.05, 0) is 42.3 Å². The maximum absolute atomic E-state index is 13.3. The van der Waals surface area contributed by atoms with Crippen LogP contribution in [-0.2, 0) is 11.3 Å². The molecule has 1 N–H and O–H groups in total. The molecule has 2 aromatic rings. The van der Waals surface area contributed by atoms with E-state index in [9.17, 15) is 9.18 Å². The predicted molar refractivity (Wildman–Crippen MR) is 85.4 cm³/mol. The van der Waals surface area contributed by atoms with Gasteiger partial charge in [0.05, 0.1) is 0 Å². The average Bonchev–Trinajstić information content (AvgIpc) is 2.85. The highest BCUT2D eigenvalue weighted by atomic mass is 32.1. The van der Waals surface area contributed by atoms with Crippen LogP contribution in [0.25, 0.3) is 10.4 Å². The number of benzene rings is 1. The zero-order chi connectivity index (χ0) is 15.1. The molecule has 1 aromatic heterocycles. The molecule has 0 unspecified atom stereocenters. The van der Waals surface area contributed by atoms with Gasteiger partial charge in [-0.2, -0.15) is 0 Å². The number of hydrogen-bond acceptors (Lipinski definition) is 2.